The second-order valence-corrected chi connectivity index (χ2v) is 6.01. The number of benzene rings is 1. The molecular formula is C15H14BrFN2O. The van der Waals surface area contributed by atoms with Crippen LogP contribution in [0.25, 0.3) is 11.3 Å². The van der Waals surface area contributed by atoms with Crippen LogP contribution in [-0.2, 0) is 0 Å². The first-order valence-corrected chi connectivity index (χ1v) is 7.48. The highest BCUT2D eigenvalue weighted by Crippen LogP contribution is 2.32. The Hall–Kier alpha value is -1.49. The minimum absolute atomic E-state index is 0.334. The van der Waals surface area contributed by atoms with Gasteiger partial charge >= 0.3 is 0 Å². The van der Waals surface area contributed by atoms with Gasteiger partial charge in [-0.05, 0) is 31.0 Å². The third-order valence-electron chi connectivity index (χ3n) is 3.77. The molecule has 0 radical (unpaired) electrons. The normalized spacial score (nSPS) is 15.7. The van der Waals surface area contributed by atoms with Gasteiger partial charge in [0.15, 0.2) is 6.29 Å². The zero-order valence-electron chi connectivity index (χ0n) is 10.9. The van der Waals surface area contributed by atoms with E-state index in [9.17, 15) is 9.18 Å². The molecule has 2 aromatic rings. The Morgan fingerprint density at radius 3 is 2.75 bits per heavy atom. The molecule has 3 nitrogen and oxygen atoms in total. The quantitative estimate of drug-likeness (QED) is 0.779. The summed E-state index contributed by atoms with van der Waals surface area (Å²) in [6.45, 7) is 0. The molecule has 0 bridgehead atoms. The monoisotopic (exact) mass is 336 g/mol. The summed E-state index contributed by atoms with van der Waals surface area (Å²) < 4.78 is 16.5. The summed E-state index contributed by atoms with van der Waals surface area (Å²) >= 11 is 3.23. The van der Waals surface area contributed by atoms with Crippen molar-refractivity contribution in [1.82, 2.24) is 9.78 Å². The number of carbonyl (C=O) groups is 1. The van der Waals surface area contributed by atoms with Crippen LogP contribution in [0.1, 0.15) is 42.1 Å². The number of hydrogen-bond donors (Lipinski definition) is 0. The first-order chi connectivity index (χ1) is 9.69. The smallest absolute Gasteiger partial charge is 0.153 e. The maximum Gasteiger partial charge on any atom is 0.153 e. The van der Waals surface area contributed by atoms with Crippen LogP contribution >= 0.6 is 15.9 Å². The van der Waals surface area contributed by atoms with E-state index in [1.54, 1.807) is 18.3 Å². The number of aldehydes is 1. The second-order valence-electron chi connectivity index (χ2n) is 5.09. The third kappa shape index (κ3) is 2.42. The largest absolute Gasteiger partial charge is 0.298 e. The van der Waals surface area contributed by atoms with Gasteiger partial charge in [0.05, 0.1) is 11.6 Å². The molecule has 5 heteroatoms. The SMILES string of the molecule is O=Cc1cn(C2CCCC2)nc1-c1ccc(Br)cc1F. The minimum atomic E-state index is -0.376. The van der Waals surface area contributed by atoms with Crippen molar-refractivity contribution in [3.8, 4) is 11.3 Å². The van der Waals surface area contributed by atoms with Crippen LogP contribution in [0.2, 0.25) is 0 Å². The molecule has 1 heterocycles. The zero-order valence-corrected chi connectivity index (χ0v) is 12.4. The van der Waals surface area contributed by atoms with E-state index in [0.717, 1.165) is 19.1 Å². The minimum Gasteiger partial charge on any atom is -0.298 e. The average Bonchev–Trinajstić information content (AvgIpc) is 3.07. The van der Waals surface area contributed by atoms with Gasteiger partial charge in [0, 0.05) is 16.2 Å². The molecule has 1 fully saturated rings. The fourth-order valence-electron chi connectivity index (χ4n) is 2.74. The topological polar surface area (TPSA) is 34.9 Å². The Morgan fingerprint density at radius 2 is 2.10 bits per heavy atom. The lowest BCUT2D eigenvalue weighted by Gasteiger charge is -2.08. The molecule has 0 aliphatic heterocycles. The van der Waals surface area contributed by atoms with E-state index in [-0.39, 0.29) is 5.82 Å². The van der Waals surface area contributed by atoms with Gasteiger partial charge in [-0.15, -0.1) is 0 Å². The number of hydrogen-bond acceptors (Lipinski definition) is 2. The Morgan fingerprint density at radius 1 is 1.35 bits per heavy atom. The fourth-order valence-corrected chi connectivity index (χ4v) is 3.07. The van der Waals surface area contributed by atoms with E-state index >= 15 is 0 Å². The summed E-state index contributed by atoms with van der Waals surface area (Å²) in [5.41, 5.74) is 1.24. The molecule has 1 aromatic heterocycles. The molecule has 0 unspecified atom stereocenters. The molecule has 1 aromatic carbocycles. The predicted molar refractivity (Wildman–Crippen MR) is 78.2 cm³/mol. The molecule has 1 aliphatic rings. The van der Waals surface area contributed by atoms with Crippen molar-refractivity contribution in [2.24, 2.45) is 0 Å². The van der Waals surface area contributed by atoms with Crippen molar-refractivity contribution in [3.63, 3.8) is 0 Å². The molecule has 0 atom stereocenters. The summed E-state index contributed by atoms with van der Waals surface area (Å²) in [6, 6.07) is 5.12. The first kappa shape index (κ1) is 13.5. The van der Waals surface area contributed by atoms with E-state index < -0.39 is 0 Å². The molecule has 20 heavy (non-hydrogen) atoms. The van der Waals surface area contributed by atoms with E-state index in [4.69, 9.17) is 0 Å². The van der Waals surface area contributed by atoms with Crippen LogP contribution in [-0.4, -0.2) is 16.1 Å². The van der Waals surface area contributed by atoms with Crippen LogP contribution in [0.5, 0.6) is 0 Å². The number of aromatic nitrogens is 2. The highest BCUT2D eigenvalue weighted by molar-refractivity contribution is 9.10. The molecule has 1 aliphatic carbocycles. The standard InChI is InChI=1S/C15H14BrFN2O/c16-11-5-6-13(14(17)7-11)15-10(9-20)8-19(18-15)12-3-1-2-4-12/h5-9,12H,1-4H2. The molecule has 0 saturated heterocycles. The molecule has 1 saturated carbocycles. The van der Waals surface area contributed by atoms with Gasteiger partial charge in [-0.25, -0.2) is 4.39 Å². The van der Waals surface area contributed by atoms with Gasteiger partial charge in [0.1, 0.15) is 11.5 Å². The van der Waals surface area contributed by atoms with Crippen molar-refractivity contribution in [2.75, 3.05) is 0 Å². The Kier molecular flexibility index (Phi) is 3.70. The van der Waals surface area contributed by atoms with Gasteiger partial charge < -0.3 is 0 Å². The van der Waals surface area contributed by atoms with Gasteiger partial charge in [0.25, 0.3) is 0 Å². The maximum absolute atomic E-state index is 14.0. The van der Waals surface area contributed by atoms with E-state index in [1.807, 2.05) is 4.68 Å². The lowest BCUT2D eigenvalue weighted by atomic mass is 10.1. The fraction of sp³-hybridized carbons (Fsp3) is 0.333. The average molecular weight is 337 g/mol. The summed E-state index contributed by atoms with van der Waals surface area (Å²) in [5, 5.41) is 4.45. The summed E-state index contributed by atoms with van der Waals surface area (Å²) in [5.74, 6) is -0.376. The highest BCUT2D eigenvalue weighted by atomic mass is 79.9. The molecule has 0 N–H and O–H groups in total. The van der Waals surface area contributed by atoms with Gasteiger partial charge in [-0.3, -0.25) is 9.48 Å². The van der Waals surface area contributed by atoms with Crippen molar-refractivity contribution >= 4 is 22.2 Å². The molecule has 0 amide bonds. The third-order valence-corrected chi connectivity index (χ3v) is 4.27. The van der Waals surface area contributed by atoms with Gasteiger partial charge in [0.2, 0.25) is 0 Å². The number of halogens is 2. The van der Waals surface area contributed by atoms with Gasteiger partial charge in [-0.1, -0.05) is 28.8 Å². The maximum atomic E-state index is 14.0. The van der Waals surface area contributed by atoms with Crippen molar-refractivity contribution < 1.29 is 9.18 Å². The highest BCUT2D eigenvalue weighted by Gasteiger charge is 2.21. The first-order valence-electron chi connectivity index (χ1n) is 6.69. The van der Waals surface area contributed by atoms with Crippen LogP contribution in [0.15, 0.2) is 28.9 Å². The second kappa shape index (κ2) is 5.48. The number of rotatable bonds is 3. The molecule has 0 spiro atoms. The molecule has 104 valence electrons. The Labute approximate surface area is 124 Å². The van der Waals surface area contributed by atoms with Gasteiger partial charge in [-0.2, -0.15) is 5.10 Å². The molecule has 3 rings (SSSR count). The number of carbonyl (C=O) groups excluding carboxylic acids is 1. The van der Waals surface area contributed by atoms with E-state index in [2.05, 4.69) is 21.0 Å². The van der Waals surface area contributed by atoms with Crippen molar-refractivity contribution in [2.45, 2.75) is 31.7 Å². The van der Waals surface area contributed by atoms with Crippen LogP contribution in [0.3, 0.4) is 0 Å². The summed E-state index contributed by atoms with van der Waals surface area (Å²) in [4.78, 5) is 11.2. The molecular weight excluding hydrogens is 323 g/mol. The van der Waals surface area contributed by atoms with Crippen LogP contribution < -0.4 is 0 Å². The Bertz CT molecular complexity index is 647. The lowest BCUT2D eigenvalue weighted by molar-refractivity contribution is 0.112. The van der Waals surface area contributed by atoms with E-state index in [0.29, 0.717) is 27.3 Å². The lowest BCUT2D eigenvalue weighted by Crippen LogP contribution is -2.05. The zero-order chi connectivity index (χ0) is 14.1. The van der Waals surface area contributed by atoms with Crippen molar-refractivity contribution in [3.05, 3.63) is 40.2 Å². The predicted octanol–water partition coefficient (Wildman–Crippen LogP) is 4.38. The number of nitrogens with zero attached hydrogens (tertiary/aromatic N) is 2. The summed E-state index contributed by atoms with van der Waals surface area (Å²) in [7, 11) is 0. The van der Waals surface area contributed by atoms with Crippen LogP contribution in [0.4, 0.5) is 4.39 Å². The van der Waals surface area contributed by atoms with Crippen molar-refractivity contribution in [1.29, 1.82) is 0 Å². The van der Waals surface area contributed by atoms with E-state index in [1.165, 1.54) is 18.9 Å². The Balaban J connectivity index is 2.05. The van der Waals surface area contributed by atoms with Crippen LogP contribution in [0, 0.1) is 5.82 Å². The summed E-state index contributed by atoms with van der Waals surface area (Å²) in [6.07, 6.45) is 6.99.